The third-order valence-corrected chi connectivity index (χ3v) is 4.90. The maximum atomic E-state index is 12.6. The van der Waals surface area contributed by atoms with E-state index in [9.17, 15) is 4.79 Å². The summed E-state index contributed by atoms with van der Waals surface area (Å²) in [7, 11) is 0. The summed E-state index contributed by atoms with van der Waals surface area (Å²) in [6.45, 7) is 4.06. The Labute approximate surface area is 143 Å². The molecule has 0 fully saturated rings. The number of fused-ring (bicyclic) bond motifs is 1. The van der Waals surface area contributed by atoms with E-state index >= 15 is 0 Å². The van der Waals surface area contributed by atoms with E-state index in [2.05, 4.69) is 4.98 Å². The average molecular weight is 333 g/mol. The molecule has 0 atom stereocenters. The molecule has 0 saturated heterocycles. The monoisotopic (exact) mass is 333 g/mol. The molecule has 0 amide bonds. The van der Waals surface area contributed by atoms with Crippen molar-refractivity contribution in [1.29, 1.82) is 0 Å². The Balaban J connectivity index is 1.88. The number of nitrogens with zero attached hydrogens (tertiary/aromatic N) is 1. The lowest BCUT2D eigenvalue weighted by atomic mass is 10.1. The van der Waals surface area contributed by atoms with Crippen LogP contribution in [0.2, 0.25) is 0 Å². The molecule has 2 heterocycles. The van der Waals surface area contributed by atoms with Gasteiger partial charge in [0.15, 0.2) is 0 Å². The highest BCUT2D eigenvalue weighted by molar-refractivity contribution is 7.17. The molecule has 2 aromatic carbocycles. The highest BCUT2D eigenvalue weighted by atomic mass is 32.1. The molecular weight excluding hydrogens is 318 g/mol. The lowest BCUT2D eigenvalue weighted by Gasteiger charge is -2.02. The van der Waals surface area contributed by atoms with Gasteiger partial charge in [0.05, 0.1) is 0 Å². The van der Waals surface area contributed by atoms with E-state index in [1.165, 1.54) is 16.9 Å². The molecule has 0 spiro atoms. The number of rotatable bonds is 2. The number of hydrogen-bond donors (Lipinski definition) is 0. The summed E-state index contributed by atoms with van der Waals surface area (Å²) in [6.07, 6.45) is 0. The van der Waals surface area contributed by atoms with Gasteiger partial charge in [0, 0.05) is 16.5 Å². The second-order valence-corrected chi connectivity index (χ2v) is 6.73. The summed E-state index contributed by atoms with van der Waals surface area (Å²) in [4.78, 5) is 17.8. The van der Waals surface area contributed by atoms with Gasteiger partial charge in [-0.1, -0.05) is 47.5 Å². The third kappa shape index (κ3) is 2.55. The summed E-state index contributed by atoms with van der Waals surface area (Å²) in [5, 5.41) is 2.53. The summed E-state index contributed by atoms with van der Waals surface area (Å²) >= 11 is 1.47. The molecular formula is C20H15NO2S. The number of aromatic nitrogens is 1. The quantitative estimate of drug-likeness (QED) is 0.506. The Kier molecular flexibility index (Phi) is 3.54. The van der Waals surface area contributed by atoms with E-state index in [1.54, 1.807) is 0 Å². The first-order chi connectivity index (χ1) is 11.6. The number of thiophene rings is 1. The molecule has 2 aromatic heterocycles. The molecule has 118 valence electrons. The fourth-order valence-electron chi connectivity index (χ4n) is 2.65. The van der Waals surface area contributed by atoms with Crippen molar-refractivity contribution < 1.29 is 4.42 Å². The Morgan fingerprint density at radius 3 is 2.08 bits per heavy atom. The topological polar surface area (TPSA) is 43.1 Å². The van der Waals surface area contributed by atoms with Gasteiger partial charge in [-0.15, -0.1) is 11.3 Å². The Hall–Kier alpha value is -2.72. The zero-order chi connectivity index (χ0) is 16.7. The number of benzene rings is 2. The van der Waals surface area contributed by atoms with Gasteiger partial charge in [0.2, 0.25) is 5.89 Å². The second-order valence-electron chi connectivity index (χ2n) is 5.87. The third-order valence-electron chi connectivity index (χ3n) is 4.03. The fourth-order valence-corrected chi connectivity index (χ4v) is 3.58. The van der Waals surface area contributed by atoms with Gasteiger partial charge in [-0.3, -0.25) is 0 Å². The molecule has 0 aliphatic heterocycles. The van der Waals surface area contributed by atoms with Crippen LogP contribution in [0.4, 0.5) is 0 Å². The highest BCUT2D eigenvalue weighted by Crippen LogP contribution is 2.32. The average Bonchev–Trinajstić information content (AvgIpc) is 3.01. The van der Waals surface area contributed by atoms with Crippen molar-refractivity contribution in [2.75, 3.05) is 0 Å². The van der Waals surface area contributed by atoms with Crippen molar-refractivity contribution >= 4 is 21.6 Å². The van der Waals surface area contributed by atoms with Gasteiger partial charge in [0.1, 0.15) is 10.2 Å². The molecule has 3 nitrogen and oxygen atoms in total. The Bertz CT molecular complexity index is 1070. The minimum Gasteiger partial charge on any atom is -0.403 e. The SMILES string of the molecule is Cc1ccc(-c2nc3scc(-c4ccc(C)cc4)c3c(=O)o2)cc1. The molecule has 0 aliphatic carbocycles. The largest absolute Gasteiger partial charge is 0.403 e. The Morgan fingerprint density at radius 2 is 1.46 bits per heavy atom. The zero-order valence-corrected chi connectivity index (χ0v) is 14.2. The zero-order valence-electron chi connectivity index (χ0n) is 13.4. The summed E-state index contributed by atoms with van der Waals surface area (Å²) in [5.74, 6) is 0.366. The van der Waals surface area contributed by atoms with Gasteiger partial charge in [-0.05, 0) is 31.5 Å². The lowest BCUT2D eigenvalue weighted by Crippen LogP contribution is -2.02. The molecule has 0 unspecified atom stereocenters. The molecule has 4 rings (SSSR count). The first-order valence-corrected chi connectivity index (χ1v) is 8.56. The molecule has 0 radical (unpaired) electrons. The lowest BCUT2D eigenvalue weighted by molar-refractivity contribution is 0.519. The van der Waals surface area contributed by atoms with Crippen LogP contribution in [0.1, 0.15) is 11.1 Å². The highest BCUT2D eigenvalue weighted by Gasteiger charge is 2.15. The van der Waals surface area contributed by atoms with Gasteiger partial charge in [-0.25, -0.2) is 9.78 Å². The van der Waals surface area contributed by atoms with Gasteiger partial charge < -0.3 is 4.42 Å². The molecule has 0 saturated carbocycles. The first kappa shape index (κ1) is 14.8. The van der Waals surface area contributed by atoms with Crippen LogP contribution in [0.15, 0.2) is 63.1 Å². The van der Waals surface area contributed by atoms with Crippen LogP contribution < -0.4 is 5.63 Å². The van der Waals surface area contributed by atoms with Crippen LogP contribution >= 0.6 is 11.3 Å². The van der Waals surface area contributed by atoms with E-state index in [1.807, 2.05) is 67.8 Å². The van der Waals surface area contributed by atoms with Crippen molar-refractivity contribution in [2.24, 2.45) is 0 Å². The molecule has 0 N–H and O–H groups in total. The summed E-state index contributed by atoms with van der Waals surface area (Å²) in [5.41, 5.74) is 4.69. The van der Waals surface area contributed by atoms with Crippen LogP contribution in [-0.4, -0.2) is 4.98 Å². The van der Waals surface area contributed by atoms with Crippen molar-refractivity contribution in [3.05, 3.63) is 75.5 Å². The molecule has 4 heteroatoms. The van der Waals surface area contributed by atoms with Gasteiger partial charge in [-0.2, -0.15) is 0 Å². The normalized spacial score (nSPS) is 11.1. The maximum Gasteiger partial charge on any atom is 0.348 e. The van der Waals surface area contributed by atoms with E-state index in [-0.39, 0.29) is 5.63 Å². The predicted molar refractivity (Wildman–Crippen MR) is 98.5 cm³/mol. The smallest absolute Gasteiger partial charge is 0.348 e. The van der Waals surface area contributed by atoms with Crippen molar-refractivity contribution in [2.45, 2.75) is 13.8 Å². The molecule has 0 bridgehead atoms. The van der Waals surface area contributed by atoms with Crippen LogP contribution in [0, 0.1) is 13.8 Å². The maximum absolute atomic E-state index is 12.6. The van der Waals surface area contributed by atoms with Gasteiger partial charge >= 0.3 is 5.63 Å². The van der Waals surface area contributed by atoms with E-state index in [0.29, 0.717) is 16.1 Å². The van der Waals surface area contributed by atoms with Crippen molar-refractivity contribution in [3.63, 3.8) is 0 Å². The minimum absolute atomic E-state index is 0.340. The predicted octanol–water partition coefficient (Wildman–Crippen LogP) is 5.20. The fraction of sp³-hybridized carbons (Fsp3) is 0.100. The van der Waals surface area contributed by atoms with Crippen LogP contribution in [0.5, 0.6) is 0 Å². The second kappa shape index (κ2) is 5.73. The minimum atomic E-state index is -0.340. The molecule has 0 aliphatic rings. The van der Waals surface area contributed by atoms with Crippen molar-refractivity contribution in [3.8, 4) is 22.6 Å². The molecule has 24 heavy (non-hydrogen) atoms. The number of aryl methyl sites for hydroxylation is 2. The van der Waals surface area contributed by atoms with E-state index in [4.69, 9.17) is 4.42 Å². The summed E-state index contributed by atoms with van der Waals surface area (Å²) in [6, 6.07) is 15.9. The van der Waals surface area contributed by atoms with Crippen LogP contribution in [-0.2, 0) is 0 Å². The number of hydrogen-bond acceptors (Lipinski definition) is 4. The Morgan fingerprint density at radius 1 is 0.875 bits per heavy atom. The van der Waals surface area contributed by atoms with Crippen LogP contribution in [0.3, 0.4) is 0 Å². The molecule has 4 aromatic rings. The van der Waals surface area contributed by atoms with Crippen molar-refractivity contribution in [1.82, 2.24) is 4.98 Å². The van der Waals surface area contributed by atoms with E-state index in [0.717, 1.165) is 22.3 Å². The van der Waals surface area contributed by atoms with Crippen LogP contribution in [0.25, 0.3) is 32.8 Å². The summed E-state index contributed by atoms with van der Waals surface area (Å²) < 4.78 is 5.50. The first-order valence-electron chi connectivity index (χ1n) is 7.68. The standard InChI is InChI=1S/C20H15NO2S/c1-12-3-7-14(8-4-12)16-11-24-19-17(16)20(22)23-18(21-19)15-9-5-13(2)6-10-15/h3-11H,1-2H3. The van der Waals surface area contributed by atoms with E-state index < -0.39 is 0 Å². The van der Waals surface area contributed by atoms with Gasteiger partial charge in [0.25, 0.3) is 0 Å².